The van der Waals surface area contributed by atoms with Gasteiger partial charge in [-0.25, -0.2) is 18.7 Å². The number of carbonyl (C=O) groups is 1. The van der Waals surface area contributed by atoms with Crippen LogP contribution in [0, 0.1) is 18.6 Å². The van der Waals surface area contributed by atoms with Crippen LogP contribution in [0.2, 0.25) is 0 Å². The smallest absolute Gasteiger partial charge is 0.233 e. The van der Waals surface area contributed by atoms with Crippen molar-refractivity contribution in [3.8, 4) is 11.3 Å². The average Bonchev–Trinajstić information content (AvgIpc) is 3.37. The molecule has 0 fully saturated rings. The Hall–Kier alpha value is -3.39. The zero-order valence-electron chi connectivity index (χ0n) is 16.0. The van der Waals surface area contributed by atoms with Crippen LogP contribution in [0.15, 0.2) is 64.5 Å². The minimum Gasteiger partial charge on any atom is -0.441 e. The third kappa shape index (κ3) is 4.13. The van der Waals surface area contributed by atoms with E-state index in [9.17, 15) is 13.6 Å². The third-order valence-electron chi connectivity index (χ3n) is 4.38. The van der Waals surface area contributed by atoms with Gasteiger partial charge in [0.2, 0.25) is 5.91 Å². The third-order valence-corrected chi connectivity index (χ3v) is 5.32. The number of aromatic nitrogens is 2. The molecule has 0 aliphatic heterocycles. The van der Waals surface area contributed by atoms with Gasteiger partial charge in [0.1, 0.15) is 11.6 Å². The van der Waals surface area contributed by atoms with Crippen LogP contribution >= 0.6 is 11.3 Å². The zero-order chi connectivity index (χ0) is 21.1. The number of halogens is 2. The maximum absolute atomic E-state index is 13.9. The van der Waals surface area contributed by atoms with E-state index in [4.69, 9.17) is 4.42 Å². The highest BCUT2D eigenvalue weighted by Gasteiger charge is 2.22. The maximum Gasteiger partial charge on any atom is 0.233 e. The van der Waals surface area contributed by atoms with Gasteiger partial charge < -0.3 is 4.42 Å². The van der Waals surface area contributed by atoms with Gasteiger partial charge in [-0.1, -0.05) is 24.3 Å². The number of hydrogen-bond acceptors (Lipinski definition) is 5. The minimum atomic E-state index is -0.733. The summed E-state index contributed by atoms with van der Waals surface area (Å²) >= 11 is 1.38. The number of nitrogens with zero attached hydrogens (tertiary/aromatic N) is 3. The van der Waals surface area contributed by atoms with Crippen LogP contribution in [-0.4, -0.2) is 15.9 Å². The second kappa shape index (κ2) is 8.54. The first-order chi connectivity index (χ1) is 14.5. The summed E-state index contributed by atoms with van der Waals surface area (Å²) in [6.07, 6.45) is 1.54. The molecule has 0 saturated carbocycles. The summed E-state index contributed by atoms with van der Waals surface area (Å²) in [5.41, 5.74) is 1.26. The Balaban J connectivity index is 1.53. The van der Waals surface area contributed by atoms with Crippen molar-refractivity contribution < 1.29 is 18.0 Å². The number of hydrogen-bond donors (Lipinski definition) is 0. The normalized spacial score (nSPS) is 10.9. The number of rotatable bonds is 6. The fraction of sp³-hybridized carbons (Fsp3) is 0.136. The zero-order valence-corrected chi connectivity index (χ0v) is 16.8. The summed E-state index contributed by atoms with van der Waals surface area (Å²) in [4.78, 5) is 23.1. The lowest BCUT2D eigenvalue weighted by molar-refractivity contribution is -0.117. The van der Waals surface area contributed by atoms with Crippen LogP contribution < -0.4 is 4.90 Å². The van der Waals surface area contributed by atoms with Gasteiger partial charge in [-0.2, -0.15) is 0 Å². The van der Waals surface area contributed by atoms with E-state index in [0.29, 0.717) is 10.8 Å². The summed E-state index contributed by atoms with van der Waals surface area (Å²) in [7, 11) is 0. The first-order valence-corrected chi connectivity index (χ1v) is 10.1. The van der Waals surface area contributed by atoms with Crippen molar-refractivity contribution in [3.63, 3.8) is 0 Å². The Labute approximate surface area is 175 Å². The molecule has 0 spiro atoms. The van der Waals surface area contributed by atoms with E-state index in [-0.39, 0.29) is 36.0 Å². The van der Waals surface area contributed by atoms with Crippen LogP contribution in [0.3, 0.4) is 0 Å². The molecule has 0 atom stereocenters. The first kappa shape index (κ1) is 19.9. The molecule has 0 bridgehead atoms. The molecule has 0 N–H and O–H groups in total. The number of amides is 1. The Kier molecular flexibility index (Phi) is 5.67. The second-order valence-corrected chi connectivity index (χ2v) is 7.39. The fourth-order valence-corrected chi connectivity index (χ4v) is 3.82. The molecule has 0 saturated heterocycles. The molecule has 4 rings (SSSR count). The Morgan fingerprint density at radius 3 is 2.50 bits per heavy atom. The lowest BCUT2D eigenvalue weighted by atomic mass is 10.1. The van der Waals surface area contributed by atoms with E-state index < -0.39 is 11.6 Å². The van der Waals surface area contributed by atoms with Gasteiger partial charge in [-0.15, -0.1) is 11.3 Å². The molecule has 8 heteroatoms. The molecule has 2 heterocycles. The van der Waals surface area contributed by atoms with E-state index in [1.165, 1.54) is 23.6 Å². The number of para-hydroxylation sites is 1. The predicted molar refractivity (Wildman–Crippen MR) is 111 cm³/mol. The summed E-state index contributed by atoms with van der Waals surface area (Å²) in [6.45, 7) is 1.86. The number of oxazole rings is 1. The van der Waals surface area contributed by atoms with Crippen molar-refractivity contribution in [1.29, 1.82) is 0 Å². The van der Waals surface area contributed by atoms with E-state index in [2.05, 4.69) is 9.97 Å². The number of carbonyl (C=O) groups excluding carboxylic acids is 1. The van der Waals surface area contributed by atoms with Crippen LogP contribution in [0.4, 0.5) is 19.6 Å². The largest absolute Gasteiger partial charge is 0.441 e. The number of thiazole rings is 1. The van der Waals surface area contributed by atoms with Crippen LogP contribution in [0.25, 0.3) is 11.3 Å². The summed E-state index contributed by atoms with van der Waals surface area (Å²) in [5, 5.41) is 2.45. The highest BCUT2D eigenvalue weighted by atomic mass is 32.1. The molecule has 4 aromatic rings. The van der Waals surface area contributed by atoms with Gasteiger partial charge in [0, 0.05) is 18.2 Å². The van der Waals surface area contributed by atoms with Crippen molar-refractivity contribution in [1.82, 2.24) is 9.97 Å². The summed E-state index contributed by atoms with van der Waals surface area (Å²) in [6, 6.07) is 12.8. The van der Waals surface area contributed by atoms with E-state index in [0.717, 1.165) is 17.8 Å². The molecule has 0 unspecified atom stereocenters. The van der Waals surface area contributed by atoms with Crippen LogP contribution in [-0.2, 0) is 11.2 Å². The SMILES string of the molecule is Cc1csc(N(C(=O)CCc2ncc(-c3c(F)cccc3F)o2)c2ccccc2)n1. The molecular weight excluding hydrogens is 408 g/mol. The van der Waals surface area contributed by atoms with Gasteiger partial charge in [0.25, 0.3) is 0 Å². The topological polar surface area (TPSA) is 59.2 Å². The number of aryl methyl sites for hydroxylation is 2. The minimum absolute atomic E-state index is 0.0106. The highest BCUT2D eigenvalue weighted by molar-refractivity contribution is 7.14. The van der Waals surface area contributed by atoms with Crippen molar-refractivity contribution in [3.05, 3.63) is 83.3 Å². The Bertz CT molecular complexity index is 1150. The average molecular weight is 425 g/mol. The number of benzene rings is 2. The standard InChI is InChI=1S/C22H17F2N3O2S/c1-14-13-30-22(26-14)27(15-6-3-2-4-7-15)20(28)11-10-19-25-12-18(29-19)21-16(23)8-5-9-17(21)24/h2-9,12-13H,10-11H2,1H3. The summed E-state index contributed by atoms with van der Waals surface area (Å²) in [5.74, 6) is -1.44. The molecule has 0 aliphatic rings. The molecule has 2 aromatic carbocycles. The molecule has 0 radical (unpaired) electrons. The lowest BCUT2D eigenvalue weighted by Gasteiger charge is -2.19. The molecule has 2 aromatic heterocycles. The number of anilines is 2. The Morgan fingerprint density at radius 1 is 1.10 bits per heavy atom. The molecule has 1 amide bonds. The second-order valence-electron chi connectivity index (χ2n) is 6.55. The van der Waals surface area contributed by atoms with Gasteiger partial charge in [-0.05, 0) is 31.2 Å². The van der Waals surface area contributed by atoms with Crippen molar-refractivity contribution in [2.75, 3.05) is 4.90 Å². The van der Waals surface area contributed by atoms with E-state index in [1.54, 1.807) is 4.90 Å². The molecule has 5 nitrogen and oxygen atoms in total. The van der Waals surface area contributed by atoms with Crippen molar-refractivity contribution in [2.45, 2.75) is 19.8 Å². The lowest BCUT2D eigenvalue weighted by Crippen LogP contribution is -2.26. The monoisotopic (exact) mass is 425 g/mol. The van der Waals surface area contributed by atoms with Crippen LogP contribution in [0.5, 0.6) is 0 Å². The van der Waals surface area contributed by atoms with Gasteiger partial charge in [0.15, 0.2) is 16.8 Å². The van der Waals surface area contributed by atoms with Gasteiger partial charge >= 0.3 is 0 Å². The quantitative estimate of drug-likeness (QED) is 0.399. The van der Waals surface area contributed by atoms with Gasteiger partial charge in [0.05, 0.1) is 23.1 Å². The highest BCUT2D eigenvalue weighted by Crippen LogP contribution is 2.30. The van der Waals surface area contributed by atoms with Crippen LogP contribution in [0.1, 0.15) is 18.0 Å². The maximum atomic E-state index is 13.9. The van der Waals surface area contributed by atoms with E-state index >= 15 is 0 Å². The molecular formula is C22H17F2N3O2S. The Morgan fingerprint density at radius 2 is 1.83 bits per heavy atom. The van der Waals surface area contributed by atoms with Crippen molar-refractivity contribution >= 4 is 28.1 Å². The summed E-state index contributed by atoms with van der Waals surface area (Å²) < 4.78 is 33.4. The fourth-order valence-electron chi connectivity index (χ4n) is 2.98. The van der Waals surface area contributed by atoms with Crippen molar-refractivity contribution in [2.24, 2.45) is 0 Å². The van der Waals surface area contributed by atoms with E-state index in [1.807, 2.05) is 42.6 Å². The molecule has 0 aliphatic carbocycles. The molecule has 30 heavy (non-hydrogen) atoms. The molecule has 152 valence electrons. The predicted octanol–water partition coefficient (Wildman–Crippen LogP) is 5.68. The van der Waals surface area contributed by atoms with Gasteiger partial charge in [-0.3, -0.25) is 9.69 Å². The first-order valence-electron chi connectivity index (χ1n) is 9.22.